The van der Waals surface area contributed by atoms with Crippen LogP contribution in [0.4, 0.5) is 5.00 Å². The largest absolute Gasteiger partial charge is 0.462 e. The van der Waals surface area contributed by atoms with Crippen LogP contribution in [-0.4, -0.2) is 18.5 Å². The van der Waals surface area contributed by atoms with Gasteiger partial charge in [-0.25, -0.2) is 4.79 Å². The Balaban J connectivity index is 1.99. The normalized spacial score (nSPS) is 10.6. The number of anilines is 1. The molecule has 3 aromatic rings. The maximum atomic E-state index is 13.0. The molecular weight excluding hydrogens is 370 g/mol. The molecule has 1 heterocycles. The van der Waals surface area contributed by atoms with Crippen molar-refractivity contribution in [1.29, 1.82) is 0 Å². The van der Waals surface area contributed by atoms with E-state index in [2.05, 4.69) is 5.32 Å². The van der Waals surface area contributed by atoms with Crippen molar-refractivity contribution < 1.29 is 14.3 Å². The van der Waals surface area contributed by atoms with Gasteiger partial charge in [0, 0.05) is 10.4 Å². The molecule has 0 bridgehead atoms. The molecule has 0 saturated heterocycles. The van der Waals surface area contributed by atoms with E-state index < -0.39 is 5.97 Å². The van der Waals surface area contributed by atoms with Gasteiger partial charge in [0.25, 0.3) is 5.91 Å². The number of amides is 1. The Bertz CT molecular complexity index is 999. The van der Waals surface area contributed by atoms with Crippen molar-refractivity contribution in [2.24, 2.45) is 0 Å². The summed E-state index contributed by atoms with van der Waals surface area (Å²) < 4.78 is 5.18. The quantitative estimate of drug-likeness (QED) is 0.560. The average molecular weight is 394 g/mol. The minimum Gasteiger partial charge on any atom is -0.462 e. The number of thiophene rings is 1. The first-order chi connectivity index (χ1) is 13.4. The summed E-state index contributed by atoms with van der Waals surface area (Å²) in [7, 11) is 0. The third kappa shape index (κ3) is 4.15. The summed E-state index contributed by atoms with van der Waals surface area (Å²) in [5, 5.41) is 3.44. The molecule has 1 amide bonds. The van der Waals surface area contributed by atoms with Crippen LogP contribution in [0.3, 0.4) is 0 Å². The molecule has 0 fully saturated rings. The number of nitrogens with one attached hydrogen (secondary N) is 1. The fraction of sp³-hybridized carbons (Fsp3) is 0.217. The Hall–Kier alpha value is -2.92. The Morgan fingerprint density at radius 2 is 1.64 bits per heavy atom. The number of esters is 1. The third-order valence-electron chi connectivity index (χ3n) is 4.42. The van der Waals surface area contributed by atoms with Crippen molar-refractivity contribution in [2.75, 3.05) is 11.9 Å². The van der Waals surface area contributed by atoms with Gasteiger partial charge in [0.1, 0.15) is 5.00 Å². The third-order valence-corrected chi connectivity index (χ3v) is 5.52. The molecule has 1 aromatic heterocycles. The van der Waals surface area contributed by atoms with Gasteiger partial charge in [-0.05, 0) is 50.5 Å². The van der Waals surface area contributed by atoms with Gasteiger partial charge >= 0.3 is 5.97 Å². The van der Waals surface area contributed by atoms with Crippen LogP contribution in [0, 0.1) is 20.8 Å². The molecule has 0 aliphatic carbocycles. The first-order valence-electron chi connectivity index (χ1n) is 9.16. The monoisotopic (exact) mass is 393 g/mol. The fourth-order valence-electron chi connectivity index (χ4n) is 3.29. The van der Waals surface area contributed by atoms with Crippen LogP contribution in [0.25, 0.3) is 10.4 Å². The van der Waals surface area contributed by atoms with E-state index in [1.165, 1.54) is 11.3 Å². The summed E-state index contributed by atoms with van der Waals surface area (Å²) in [5.74, 6) is -0.657. The summed E-state index contributed by atoms with van der Waals surface area (Å²) >= 11 is 1.37. The molecule has 0 aliphatic heterocycles. The molecule has 3 rings (SSSR count). The molecule has 144 valence electrons. The lowest BCUT2D eigenvalue weighted by atomic mass is 9.99. The van der Waals surface area contributed by atoms with Crippen LogP contribution >= 0.6 is 11.3 Å². The second-order valence-electron chi connectivity index (χ2n) is 6.67. The zero-order chi connectivity index (χ0) is 20.3. The smallest absolute Gasteiger partial charge is 0.341 e. The van der Waals surface area contributed by atoms with Gasteiger partial charge in [-0.1, -0.05) is 48.0 Å². The van der Waals surface area contributed by atoms with Gasteiger partial charge in [-0.3, -0.25) is 4.79 Å². The lowest BCUT2D eigenvalue weighted by Gasteiger charge is -2.12. The topological polar surface area (TPSA) is 55.4 Å². The minimum atomic E-state index is -0.436. The number of carbonyl (C=O) groups is 2. The number of carbonyl (C=O) groups excluding carboxylic acids is 2. The predicted molar refractivity (Wildman–Crippen MR) is 114 cm³/mol. The summed E-state index contributed by atoms with van der Waals surface area (Å²) in [6.07, 6.45) is 0. The van der Waals surface area contributed by atoms with E-state index >= 15 is 0 Å². The highest BCUT2D eigenvalue weighted by atomic mass is 32.1. The van der Waals surface area contributed by atoms with Crippen molar-refractivity contribution in [3.8, 4) is 10.4 Å². The van der Waals surface area contributed by atoms with E-state index in [9.17, 15) is 9.59 Å². The van der Waals surface area contributed by atoms with Crippen LogP contribution in [0.1, 0.15) is 44.3 Å². The van der Waals surface area contributed by atoms with Crippen LogP contribution in [0.2, 0.25) is 0 Å². The maximum absolute atomic E-state index is 13.0. The van der Waals surface area contributed by atoms with Crippen LogP contribution in [0.5, 0.6) is 0 Å². The Labute approximate surface area is 169 Å². The van der Waals surface area contributed by atoms with E-state index in [-0.39, 0.29) is 12.5 Å². The Morgan fingerprint density at radius 1 is 1.00 bits per heavy atom. The Kier molecular flexibility index (Phi) is 5.95. The molecule has 0 atom stereocenters. The molecule has 0 radical (unpaired) electrons. The van der Waals surface area contributed by atoms with Gasteiger partial charge < -0.3 is 10.1 Å². The van der Waals surface area contributed by atoms with Gasteiger partial charge in [0.2, 0.25) is 0 Å². The lowest BCUT2D eigenvalue weighted by Crippen LogP contribution is -2.16. The van der Waals surface area contributed by atoms with Crippen LogP contribution < -0.4 is 5.32 Å². The SMILES string of the molecule is CCOC(=O)c1cc(-c2ccccc2)sc1NC(=O)c1c(C)cc(C)cc1C. The first-order valence-corrected chi connectivity index (χ1v) is 9.98. The summed E-state index contributed by atoms with van der Waals surface area (Å²) in [4.78, 5) is 26.3. The second-order valence-corrected chi connectivity index (χ2v) is 7.72. The number of rotatable bonds is 5. The van der Waals surface area contributed by atoms with E-state index in [0.717, 1.165) is 27.1 Å². The number of hydrogen-bond acceptors (Lipinski definition) is 4. The van der Waals surface area contributed by atoms with Crippen molar-refractivity contribution in [1.82, 2.24) is 0 Å². The van der Waals surface area contributed by atoms with E-state index in [1.54, 1.807) is 13.0 Å². The van der Waals surface area contributed by atoms with Crippen molar-refractivity contribution in [2.45, 2.75) is 27.7 Å². The molecular formula is C23H23NO3S. The molecule has 1 N–H and O–H groups in total. The standard InChI is InChI=1S/C23H23NO3S/c1-5-27-23(26)18-13-19(17-9-7-6-8-10-17)28-22(18)24-21(25)20-15(3)11-14(2)12-16(20)4/h6-13H,5H2,1-4H3,(H,24,25). The summed E-state index contributed by atoms with van der Waals surface area (Å²) in [6.45, 7) is 7.89. The molecule has 0 aliphatic rings. The maximum Gasteiger partial charge on any atom is 0.341 e. The van der Waals surface area contributed by atoms with E-state index in [1.807, 2.05) is 63.2 Å². The first kappa shape index (κ1) is 19.8. The molecule has 0 unspecified atom stereocenters. The Morgan fingerprint density at radius 3 is 2.25 bits per heavy atom. The molecule has 2 aromatic carbocycles. The molecule has 0 saturated carbocycles. The second kappa shape index (κ2) is 8.40. The molecule has 4 nitrogen and oxygen atoms in total. The summed E-state index contributed by atoms with van der Waals surface area (Å²) in [6, 6.07) is 15.5. The highest BCUT2D eigenvalue weighted by Crippen LogP contribution is 2.36. The van der Waals surface area contributed by atoms with E-state index in [0.29, 0.717) is 16.1 Å². The number of aryl methyl sites for hydroxylation is 3. The zero-order valence-electron chi connectivity index (χ0n) is 16.5. The van der Waals surface area contributed by atoms with Gasteiger partial charge in [-0.15, -0.1) is 11.3 Å². The predicted octanol–water partition coefficient (Wildman–Crippen LogP) is 5.77. The highest BCUT2D eigenvalue weighted by Gasteiger charge is 2.21. The number of hydrogen-bond donors (Lipinski definition) is 1. The van der Waals surface area contributed by atoms with E-state index in [4.69, 9.17) is 4.74 Å². The zero-order valence-corrected chi connectivity index (χ0v) is 17.3. The van der Waals surface area contributed by atoms with Crippen LogP contribution in [0.15, 0.2) is 48.5 Å². The molecule has 28 heavy (non-hydrogen) atoms. The van der Waals surface area contributed by atoms with Gasteiger partial charge in [0.15, 0.2) is 0 Å². The van der Waals surface area contributed by atoms with Crippen molar-refractivity contribution in [3.63, 3.8) is 0 Å². The van der Waals surface area contributed by atoms with Crippen molar-refractivity contribution in [3.05, 3.63) is 76.3 Å². The number of benzene rings is 2. The van der Waals surface area contributed by atoms with Gasteiger partial charge in [0.05, 0.1) is 12.2 Å². The average Bonchev–Trinajstić information content (AvgIpc) is 3.05. The lowest BCUT2D eigenvalue weighted by molar-refractivity contribution is 0.0528. The number of ether oxygens (including phenoxy) is 1. The molecule has 5 heteroatoms. The fourth-order valence-corrected chi connectivity index (χ4v) is 4.34. The highest BCUT2D eigenvalue weighted by molar-refractivity contribution is 7.20. The van der Waals surface area contributed by atoms with Crippen LogP contribution in [-0.2, 0) is 4.74 Å². The minimum absolute atomic E-state index is 0.220. The molecule has 0 spiro atoms. The van der Waals surface area contributed by atoms with Crippen molar-refractivity contribution >= 4 is 28.2 Å². The summed E-state index contributed by atoms with van der Waals surface area (Å²) in [5.41, 5.74) is 4.93. The van der Waals surface area contributed by atoms with Gasteiger partial charge in [-0.2, -0.15) is 0 Å².